The number of hydrogen-bond donors (Lipinski definition) is 1. The number of aliphatic imine (C=N–C) groups is 1. The number of fused-ring (bicyclic) bond motifs is 2. The minimum atomic E-state index is -0.258. The smallest absolute Gasteiger partial charge is 0.182 e. The first kappa shape index (κ1) is 21.4. The first-order valence-corrected chi connectivity index (χ1v) is 11.3. The predicted molar refractivity (Wildman–Crippen MR) is 128 cm³/mol. The van der Waals surface area contributed by atoms with Crippen LogP contribution in [0.5, 0.6) is 5.75 Å². The zero-order chi connectivity index (χ0) is 23.1. The molecule has 0 radical (unpaired) electrons. The van der Waals surface area contributed by atoms with Crippen molar-refractivity contribution in [2.75, 3.05) is 6.54 Å². The van der Waals surface area contributed by atoms with E-state index >= 15 is 0 Å². The molecule has 33 heavy (non-hydrogen) atoms. The molecule has 1 N–H and O–H groups in total. The molecular weight excluding hydrogens is 436 g/mol. The number of halogens is 1. The molecule has 166 valence electrons. The van der Waals surface area contributed by atoms with E-state index in [-0.39, 0.29) is 6.10 Å². The Hall–Kier alpha value is -3.40. The molecule has 7 heteroatoms. The summed E-state index contributed by atoms with van der Waals surface area (Å²) in [5, 5.41) is 17.7. The molecule has 0 amide bonds. The molecule has 0 saturated heterocycles. The molecule has 6 nitrogen and oxygen atoms in total. The van der Waals surface area contributed by atoms with Crippen LogP contribution in [0.1, 0.15) is 57.9 Å². The highest BCUT2D eigenvalue weighted by Crippen LogP contribution is 2.47. The minimum absolute atomic E-state index is 0.258. The Labute approximate surface area is 197 Å². The summed E-state index contributed by atoms with van der Waals surface area (Å²) in [6, 6.07) is 9.81. The maximum Gasteiger partial charge on any atom is 0.182 e. The van der Waals surface area contributed by atoms with Crippen molar-refractivity contribution in [1.82, 2.24) is 10.5 Å². The second-order valence-corrected chi connectivity index (χ2v) is 8.74. The van der Waals surface area contributed by atoms with Crippen LogP contribution in [0.4, 0.5) is 5.69 Å². The van der Waals surface area contributed by atoms with Gasteiger partial charge in [-0.2, -0.15) is 5.26 Å². The van der Waals surface area contributed by atoms with Gasteiger partial charge in [0.15, 0.2) is 11.9 Å². The van der Waals surface area contributed by atoms with Crippen molar-refractivity contribution in [3.05, 3.63) is 80.2 Å². The number of aryl methyl sites for hydroxylation is 1. The standard InChI is InChI=1S/C26H23ClN4O2/c1-4-18(19-7-14(2)16(12-28)9-23(19)29-3)20-11-17(27)8-15-10-24(32-25(15)20)26-21-13-30-6-5-22(21)31-33-26/h4,7-9,11,24,30H,3,5-6,10,13H2,1-2H3/b18-4+. The maximum atomic E-state index is 9.43. The van der Waals surface area contributed by atoms with Crippen LogP contribution < -0.4 is 10.1 Å². The van der Waals surface area contributed by atoms with Gasteiger partial charge in [-0.25, -0.2) is 0 Å². The van der Waals surface area contributed by atoms with Crippen LogP contribution in [0.25, 0.3) is 5.57 Å². The molecular formula is C26H23ClN4O2. The summed E-state index contributed by atoms with van der Waals surface area (Å²) in [5.74, 6) is 1.56. The monoisotopic (exact) mass is 458 g/mol. The summed E-state index contributed by atoms with van der Waals surface area (Å²) in [7, 11) is 0. The number of benzene rings is 2. The van der Waals surface area contributed by atoms with Gasteiger partial charge in [-0.15, -0.1) is 0 Å². The Morgan fingerprint density at radius 2 is 2.18 bits per heavy atom. The first-order valence-electron chi connectivity index (χ1n) is 10.9. The number of hydrogen-bond acceptors (Lipinski definition) is 6. The Balaban J connectivity index is 1.59. The number of allylic oxidation sites excluding steroid dienone is 1. The van der Waals surface area contributed by atoms with Crippen LogP contribution in [-0.4, -0.2) is 18.4 Å². The van der Waals surface area contributed by atoms with Crippen molar-refractivity contribution in [2.24, 2.45) is 4.99 Å². The summed E-state index contributed by atoms with van der Waals surface area (Å²) < 4.78 is 12.2. The van der Waals surface area contributed by atoms with Gasteiger partial charge in [-0.1, -0.05) is 22.8 Å². The maximum absolute atomic E-state index is 9.43. The number of aromatic nitrogens is 1. The highest BCUT2D eigenvalue weighted by atomic mass is 35.5. The largest absolute Gasteiger partial charge is 0.481 e. The molecule has 0 saturated carbocycles. The fraction of sp³-hybridized carbons (Fsp3) is 0.269. The number of nitrogens with one attached hydrogen (secondary N) is 1. The van der Waals surface area contributed by atoms with E-state index in [2.05, 4.69) is 28.3 Å². The van der Waals surface area contributed by atoms with Gasteiger partial charge in [0.1, 0.15) is 5.75 Å². The van der Waals surface area contributed by atoms with Gasteiger partial charge in [-0.05, 0) is 56.0 Å². The van der Waals surface area contributed by atoms with Crippen LogP contribution in [-0.2, 0) is 19.4 Å². The van der Waals surface area contributed by atoms with Crippen molar-refractivity contribution in [2.45, 2.75) is 39.3 Å². The quantitative estimate of drug-likeness (QED) is 0.513. The molecule has 2 aliphatic rings. The molecule has 5 rings (SSSR count). The van der Waals surface area contributed by atoms with Crippen LogP contribution in [0.15, 0.2) is 39.9 Å². The van der Waals surface area contributed by atoms with Gasteiger partial charge in [0, 0.05) is 53.2 Å². The Bertz CT molecular complexity index is 1350. The SMILES string of the molecule is C=Nc1cc(C#N)c(C)cc1/C(=C\C)c1cc(Cl)cc2c1OC(c1onc3c1CNCC3)C2. The highest BCUT2D eigenvalue weighted by molar-refractivity contribution is 6.31. The van der Waals surface area contributed by atoms with Crippen LogP contribution in [0, 0.1) is 18.3 Å². The molecule has 3 aromatic rings. The van der Waals surface area contributed by atoms with Crippen molar-refractivity contribution in [1.29, 1.82) is 5.26 Å². The molecule has 1 atom stereocenters. The Morgan fingerprint density at radius 3 is 2.94 bits per heavy atom. The third kappa shape index (κ3) is 3.64. The average molecular weight is 459 g/mol. The molecule has 2 aromatic carbocycles. The lowest BCUT2D eigenvalue weighted by Crippen LogP contribution is -2.24. The van der Waals surface area contributed by atoms with E-state index in [1.54, 1.807) is 6.07 Å². The topological polar surface area (TPSA) is 83.4 Å². The fourth-order valence-corrected chi connectivity index (χ4v) is 4.95. The van der Waals surface area contributed by atoms with E-state index in [1.165, 1.54) is 0 Å². The van der Waals surface area contributed by atoms with Crippen LogP contribution in [0.2, 0.25) is 5.02 Å². The highest BCUT2D eigenvalue weighted by Gasteiger charge is 2.34. The molecule has 2 aliphatic heterocycles. The van der Waals surface area contributed by atoms with Gasteiger partial charge in [0.2, 0.25) is 0 Å². The lowest BCUT2D eigenvalue weighted by molar-refractivity contribution is 0.188. The van der Waals surface area contributed by atoms with Crippen LogP contribution in [0.3, 0.4) is 0 Å². The van der Waals surface area contributed by atoms with Gasteiger partial charge in [0.05, 0.1) is 23.0 Å². The van der Waals surface area contributed by atoms with E-state index in [0.29, 0.717) is 22.7 Å². The lowest BCUT2D eigenvalue weighted by atomic mass is 9.91. The molecule has 0 fully saturated rings. The minimum Gasteiger partial charge on any atom is -0.481 e. The van der Waals surface area contributed by atoms with E-state index < -0.39 is 0 Å². The van der Waals surface area contributed by atoms with Crippen LogP contribution >= 0.6 is 11.6 Å². The molecule has 3 heterocycles. The predicted octanol–water partition coefficient (Wildman–Crippen LogP) is 5.61. The molecule has 0 aliphatic carbocycles. The molecule has 1 unspecified atom stereocenters. The first-order chi connectivity index (χ1) is 16.0. The van der Waals surface area contributed by atoms with Gasteiger partial charge in [-0.3, -0.25) is 4.99 Å². The fourth-order valence-electron chi connectivity index (χ4n) is 4.71. The van der Waals surface area contributed by atoms with Gasteiger partial charge in [0.25, 0.3) is 0 Å². The third-order valence-corrected chi connectivity index (χ3v) is 6.55. The number of ether oxygens (including phenoxy) is 1. The molecule has 1 aromatic heterocycles. The number of nitriles is 1. The second kappa shape index (κ2) is 8.51. The van der Waals surface area contributed by atoms with E-state index in [1.807, 2.05) is 38.1 Å². The van der Waals surface area contributed by atoms with Gasteiger partial charge < -0.3 is 14.6 Å². The van der Waals surface area contributed by atoms with Crippen molar-refractivity contribution < 1.29 is 9.26 Å². The number of nitrogens with zero attached hydrogens (tertiary/aromatic N) is 3. The third-order valence-electron chi connectivity index (χ3n) is 6.33. The average Bonchev–Trinajstić information content (AvgIpc) is 3.43. The van der Waals surface area contributed by atoms with E-state index in [9.17, 15) is 5.26 Å². The summed E-state index contributed by atoms with van der Waals surface area (Å²) in [6.07, 6.45) is 3.26. The Kier molecular flexibility index (Phi) is 5.53. The summed E-state index contributed by atoms with van der Waals surface area (Å²) in [5.41, 5.74) is 7.89. The van der Waals surface area contributed by atoms with Crippen molar-refractivity contribution in [3.8, 4) is 11.8 Å². The summed E-state index contributed by atoms with van der Waals surface area (Å²) in [6.45, 7) is 9.23. The van der Waals surface area contributed by atoms with E-state index in [0.717, 1.165) is 70.1 Å². The zero-order valence-corrected chi connectivity index (χ0v) is 19.3. The second-order valence-electron chi connectivity index (χ2n) is 8.31. The summed E-state index contributed by atoms with van der Waals surface area (Å²) >= 11 is 6.55. The molecule has 0 bridgehead atoms. The Morgan fingerprint density at radius 1 is 1.33 bits per heavy atom. The van der Waals surface area contributed by atoms with E-state index in [4.69, 9.17) is 20.9 Å². The zero-order valence-electron chi connectivity index (χ0n) is 18.5. The van der Waals surface area contributed by atoms with Gasteiger partial charge >= 0.3 is 0 Å². The lowest BCUT2D eigenvalue weighted by Gasteiger charge is -2.17. The normalized spacial score (nSPS) is 17.2. The molecule has 0 spiro atoms. The number of rotatable bonds is 4. The van der Waals surface area contributed by atoms with Crippen molar-refractivity contribution in [3.63, 3.8) is 0 Å². The summed E-state index contributed by atoms with van der Waals surface area (Å²) in [4.78, 5) is 4.19. The van der Waals surface area contributed by atoms with Crippen molar-refractivity contribution >= 4 is 29.6 Å².